The van der Waals surface area contributed by atoms with Gasteiger partial charge in [-0.15, -0.1) is 0 Å². The first-order valence-corrected chi connectivity index (χ1v) is 12.5. The number of hydrogen-bond donors (Lipinski definition) is 0. The van der Waals surface area contributed by atoms with E-state index in [1.807, 2.05) is 53.4 Å². The standard InChI is InChI=1S/C29H25F3N4O3/c1-19-24(12-20-6-3-2-4-7-20)27(37)36-17-34(15-21-10-11-25-26(13-21)39-18-38-25)16-35(28(36)33-19)23-9-5-8-22(14-23)29(30,31)32/h2-11,13-14H,12,15-18H2,1H3. The van der Waals surface area contributed by atoms with Gasteiger partial charge in [-0.25, -0.2) is 4.98 Å². The van der Waals surface area contributed by atoms with Crippen LogP contribution in [0.5, 0.6) is 11.5 Å². The lowest BCUT2D eigenvalue weighted by atomic mass is 10.1. The van der Waals surface area contributed by atoms with Crippen LogP contribution in [0, 0.1) is 6.92 Å². The first-order chi connectivity index (χ1) is 18.8. The van der Waals surface area contributed by atoms with Gasteiger partial charge in [-0.05, 0) is 48.4 Å². The summed E-state index contributed by atoms with van der Waals surface area (Å²) in [5.74, 6) is 1.62. The number of nitrogens with zero attached hydrogens (tertiary/aromatic N) is 4. The van der Waals surface area contributed by atoms with Crippen LogP contribution >= 0.6 is 0 Å². The third-order valence-corrected chi connectivity index (χ3v) is 6.93. The second-order valence-corrected chi connectivity index (χ2v) is 9.65. The van der Waals surface area contributed by atoms with Gasteiger partial charge in [0.15, 0.2) is 11.5 Å². The average molecular weight is 535 g/mol. The molecule has 7 nitrogen and oxygen atoms in total. The molecule has 4 aromatic rings. The first-order valence-electron chi connectivity index (χ1n) is 12.5. The number of rotatable bonds is 5. The van der Waals surface area contributed by atoms with Crippen molar-refractivity contribution >= 4 is 11.6 Å². The summed E-state index contributed by atoms with van der Waals surface area (Å²) in [7, 11) is 0. The third kappa shape index (κ3) is 4.95. The molecule has 3 heterocycles. The summed E-state index contributed by atoms with van der Waals surface area (Å²) < 4.78 is 53.2. The monoisotopic (exact) mass is 534 g/mol. The molecule has 6 rings (SSSR count). The maximum atomic E-state index is 13.8. The molecule has 0 amide bonds. The van der Waals surface area contributed by atoms with Gasteiger partial charge >= 0.3 is 6.18 Å². The third-order valence-electron chi connectivity index (χ3n) is 6.93. The Morgan fingerprint density at radius 1 is 0.897 bits per heavy atom. The summed E-state index contributed by atoms with van der Waals surface area (Å²) in [6.45, 7) is 2.82. The van der Waals surface area contributed by atoms with Crippen molar-refractivity contribution < 1.29 is 22.6 Å². The lowest BCUT2D eigenvalue weighted by molar-refractivity contribution is -0.137. The van der Waals surface area contributed by atoms with Gasteiger partial charge in [-0.2, -0.15) is 13.2 Å². The van der Waals surface area contributed by atoms with Crippen LogP contribution in [-0.2, 0) is 25.8 Å². The lowest BCUT2D eigenvalue weighted by Gasteiger charge is -2.38. The van der Waals surface area contributed by atoms with E-state index in [4.69, 9.17) is 14.5 Å². The molecule has 0 aliphatic carbocycles. The quantitative estimate of drug-likeness (QED) is 0.339. The number of ether oxygens (including phenoxy) is 2. The molecule has 0 fully saturated rings. The Bertz CT molecular complexity index is 1590. The molecule has 0 N–H and O–H groups in total. The van der Waals surface area contributed by atoms with Crippen molar-refractivity contribution in [2.45, 2.75) is 32.7 Å². The molecule has 0 atom stereocenters. The zero-order chi connectivity index (χ0) is 27.1. The number of hydrogen-bond acceptors (Lipinski definition) is 6. The minimum atomic E-state index is -4.50. The van der Waals surface area contributed by atoms with Gasteiger partial charge < -0.3 is 9.47 Å². The lowest BCUT2D eigenvalue weighted by Crippen LogP contribution is -2.47. The highest BCUT2D eigenvalue weighted by Gasteiger charge is 2.33. The fourth-order valence-corrected chi connectivity index (χ4v) is 4.98. The van der Waals surface area contributed by atoms with Crippen LogP contribution in [0.2, 0.25) is 0 Å². The second-order valence-electron chi connectivity index (χ2n) is 9.65. The predicted molar refractivity (Wildman–Crippen MR) is 139 cm³/mol. The van der Waals surface area contributed by atoms with Gasteiger partial charge in [0.25, 0.3) is 5.56 Å². The summed E-state index contributed by atoms with van der Waals surface area (Å²) in [6, 6.07) is 20.3. The summed E-state index contributed by atoms with van der Waals surface area (Å²) in [6.07, 6.45) is -4.09. The molecule has 1 aromatic heterocycles. The van der Waals surface area contributed by atoms with Gasteiger partial charge in [-0.1, -0.05) is 42.5 Å². The number of alkyl halides is 3. The summed E-state index contributed by atoms with van der Waals surface area (Å²) in [5.41, 5.74) is 2.33. The van der Waals surface area contributed by atoms with Crippen LogP contribution in [0.25, 0.3) is 0 Å². The highest BCUT2D eigenvalue weighted by molar-refractivity contribution is 5.60. The number of benzene rings is 3. The Balaban J connectivity index is 1.42. The minimum Gasteiger partial charge on any atom is -0.454 e. The van der Waals surface area contributed by atoms with Crippen LogP contribution in [0.15, 0.2) is 77.6 Å². The molecule has 0 spiro atoms. The van der Waals surface area contributed by atoms with Gasteiger partial charge in [-0.3, -0.25) is 19.2 Å². The van der Waals surface area contributed by atoms with Crippen molar-refractivity contribution in [3.05, 3.63) is 111 Å². The number of aryl methyl sites for hydroxylation is 1. The second kappa shape index (κ2) is 9.77. The zero-order valence-corrected chi connectivity index (χ0v) is 21.1. The molecule has 3 aromatic carbocycles. The molecular weight excluding hydrogens is 509 g/mol. The molecular formula is C29H25F3N4O3. The number of halogens is 3. The maximum Gasteiger partial charge on any atom is 0.416 e. The molecule has 0 saturated carbocycles. The number of fused-ring (bicyclic) bond motifs is 2. The van der Waals surface area contributed by atoms with Gasteiger partial charge in [0.1, 0.15) is 0 Å². The molecule has 2 aliphatic heterocycles. The van der Waals surface area contributed by atoms with E-state index in [0.717, 1.165) is 23.3 Å². The van der Waals surface area contributed by atoms with E-state index >= 15 is 0 Å². The Morgan fingerprint density at radius 2 is 1.69 bits per heavy atom. The molecule has 10 heteroatoms. The van der Waals surface area contributed by atoms with E-state index in [9.17, 15) is 18.0 Å². The molecule has 0 saturated heterocycles. The van der Waals surface area contributed by atoms with E-state index in [2.05, 4.69) is 0 Å². The largest absolute Gasteiger partial charge is 0.454 e. The summed E-state index contributed by atoms with van der Waals surface area (Å²) in [4.78, 5) is 22.2. The summed E-state index contributed by atoms with van der Waals surface area (Å²) >= 11 is 0. The first kappa shape index (κ1) is 25.0. The molecule has 200 valence electrons. The van der Waals surface area contributed by atoms with Crippen molar-refractivity contribution in [1.29, 1.82) is 0 Å². The Hall–Kier alpha value is -4.31. The van der Waals surface area contributed by atoms with Crippen molar-refractivity contribution in [1.82, 2.24) is 14.5 Å². The van der Waals surface area contributed by atoms with Crippen LogP contribution in [0.3, 0.4) is 0 Å². The fraction of sp³-hybridized carbons (Fsp3) is 0.241. The van der Waals surface area contributed by atoms with E-state index in [0.29, 0.717) is 47.4 Å². The zero-order valence-electron chi connectivity index (χ0n) is 21.1. The van der Waals surface area contributed by atoms with Crippen LogP contribution in [0.1, 0.15) is 27.9 Å². The van der Waals surface area contributed by atoms with Crippen LogP contribution in [0.4, 0.5) is 24.8 Å². The highest BCUT2D eigenvalue weighted by Crippen LogP contribution is 2.36. The van der Waals surface area contributed by atoms with Gasteiger partial charge in [0.05, 0.1) is 24.6 Å². The highest BCUT2D eigenvalue weighted by atomic mass is 19.4. The molecule has 39 heavy (non-hydrogen) atoms. The van der Waals surface area contributed by atoms with Crippen LogP contribution < -0.4 is 19.9 Å². The minimum absolute atomic E-state index is 0.157. The number of anilines is 2. The van der Waals surface area contributed by atoms with Gasteiger partial charge in [0, 0.05) is 24.2 Å². The Labute approximate surface area is 222 Å². The van der Waals surface area contributed by atoms with E-state index < -0.39 is 11.7 Å². The normalized spacial score (nSPS) is 14.9. The Morgan fingerprint density at radius 3 is 2.49 bits per heavy atom. The maximum absolute atomic E-state index is 13.8. The van der Waals surface area contributed by atoms with Crippen molar-refractivity contribution in [3.63, 3.8) is 0 Å². The topological polar surface area (TPSA) is 59.8 Å². The summed E-state index contributed by atoms with van der Waals surface area (Å²) in [5, 5.41) is 0. The van der Waals surface area contributed by atoms with E-state index in [-0.39, 0.29) is 25.7 Å². The van der Waals surface area contributed by atoms with Crippen molar-refractivity contribution in [2.75, 3.05) is 18.4 Å². The molecule has 0 radical (unpaired) electrons. The SMILES string of the molecule is Cc1nc2n(c(=O)c1Cc1ccccc1)CN(Cc1ccc3c(c1)OCO3)CN2c1cccc(C(F)(F)F)c1. The van der Waals surface area contributed by atoms with Crippen molar-refractivity contribution in [3.8, 4) is 11.5 Å². The average Bonchev–Trinajstić information content (AvgIpc) is 3.39. The molecule has 2 aliphatic rings. The molecule has 0 bridgehead atoms. The smallest absolute Gasteiger partial charge is 0.416 e. The van der Waals surface area contributed by atoms with Crippen LogP contribution in [-0.4, -0.2) is 27.9 Å². The molecule has 0 unspecified atom stereocenters. The van der Waals surface area contributed by atoms with Gasteiger partial charge in [0.2, 0.25) is 12.7 Å². The van der Waals surface area contributed by atoms with E-state index in [1.54, 1.807) is 22.5 Å². The number of aromatic nitrogens is 2. The van der Waals surface area contributed by atoms with E-state index in [1.165, 1.54) is 6.07 Å². The predicted octanol–water partition coefficient (Wildman–Crippen LogP) is 5.46. The fourth-order valence-electron chi connectivity index (χ4n) is 4.98. The van der Waals surface area contributed by atoms with Crippen molar-refractivity contribution in [2.24, 2.45) is 0 Å². The Kier molecular flexibility index (Phi) is 6.26.